The van der Waals surface area contributed by atoms with Crippen molar-refractivity contribution in [2.45, 2.75) is 64.1 Å². The van der Waals surface area contributed by atoms with Crippen molar-refractivity contribution < 1.29 is 18.7 Å². The van der Waals surface area contributed by atoms with Gasteiger partial charge in [-0.1, -0.05) is 44.2 Å². The van der Waals surface area contributed by atoms with Crippen molar-refractivity contribution in [1.29, 1.82) is 0 Å². The van der Waals surface area contributed by atoms with Crippen LogP contribution in [0.2, 0.25) is 0 Å². The predicted molar refractivity (Wildman–Crippen MR) is 136 cm³/mol. The number of nitrogens with zero attached hydrogens (tertiary/aromatic N) is 3. The lowest BCUT2D eigenvalue weighted by Crippen LogP contribution is -2.60. The van der Waals surface area contributed by atoms with Crippen molar-refractivity contribution >= 4 is 6.09 Å². The van der Waals surface area contributed by atoms with E-state index in [2.05, 4.69) is 47.9 Å². The highest BCUT2D eigenvalue weighted by Crippen LogP contribution is 2.53. The first-order valence-electron chi connectivity index (χ1n) is 13.2. The first-order chi connectivity index (χ1) is 17.2. The molecule has 5 nitrogen and oxygen atoms in total. The fourth-order valence-electron chi connectivity index (χ4n) is 6.70. The molecule has 3 fully saturated rings. The molecule has 2 heterocycles. The monoisotopic (exact) mass is 497 g/mol. The van der Waals surface area contributed by atoms with E-state index in [0.717, 1.165) is 50.9 Å². The molecule has 1 spiro atoms. The van der Waals surface area contributed by atoms with E-state index in [-0.39, 0.29) is 11.5 Å². The van der Waals surface area contributed by atoms with E-state index in [0.29, 0.717) is 31.6 Å². The molecule has 0 unspecified atom stereocenters. The molecule has 0 radical (unpaired) electrons. The average Bonchev–Trinajstić information content (AvgIpc) is 2.85. The van der Waals surface area contributed by atoms with Crippen molar-refractivity contribution in [2.24, 2.45) is 5.41 Å². The van der Waals surface area contributed by atoms with E-state index in [1.165, 1.54) is 23.3 Å². The van der Waals surface area contributed by atoms with Crippen molar-refractivity contribution in [3.05, 3.63) is 70.8 Å². The van der Waals surface area contributed by atoms with Gasteiger partial charge in [0.2, 0.25) is 0 Å². The van der Waals surface area contributed by atoms with E-state index in [4.69, 9.17) is 0 Å². The van der Waals surface area contributed by atoms with Crippen LogP contribution >= 0.6 is 0 Å². The van der Waals surface area contributed by atoms with Crippen LogP contribution in [0.25, 0.3) is 0 Å². The predicted octanol–water partition coefficient (Wildman–Crippen LogP) is 5.87. The van der Waals surface area contributed by atoms with Crippen molar-refractivity contribution in [2.75, 3.05) is 32.7 Å². The van der Waals surface area contributed by atoms with Crippen LogP contribution in [-0.2, 0) is 6.54 Å². The first kappa shape index (κ1) is 25.2. The molecule has 1 amide bonds. The molecule has 0 aromatic heterocycles. The normalized spacial score (nSPS) is 23.2. The minimum Gasteiger partial charge on any atom is -0.465 e. The molecule has 3 aliphatic rings. The molecule has 1 atom stereocenters. The van der Waals surface area contributed by atoms with Gasteiger partial charge in [0.1, 0.15) is 0 Å². The van der Waals surface area contributed by atoms with Gasteiger partial charge in [0.25, 0.3) is 0 Å². The van der Waals surface area contributed by atoms with E-state index >= 15 is 0 Å². The number of piperidine rings is 1. The first-order valence-corrected chi connectivity index (χ1v) is 13.2. The lowest BCUT2D eigenvalue weighted by atomic mass is 9.59. The number of amides is 1. The Morgan fingerprint density at radius 2 is 1.75 bits per heavy atom. The third-order valence-electron chi connectivity index (χ3n) is 8.77. The molecule has 2 saturated heterocycles. The highest BCUT2D eigenvalue weighted by Gasteiger charge is 2.50. The molecular formula is C29H37F2N3O2. The van der Waals surface area contributed by atoms with Crippen LogP contribution < -0.4 is 0 Å². The number of benzene rings is 2. The summed E-state index contributed by atoms with van der Waals surface area (Å²) in [5.41, 5.74) is 3.81. The van der Waals surface area contributed by atoms with E-state index in [1.54, 1.807) is 11.0 Å². The van der Waals surface area contributed by atoms with Crippen LogP contribution in [0, 0.1) is 17.0 Å². The van der Waals surface area contributed by atoms with Crippen LogP contribution in [0.3, 0.4) is 0 Å². The Morgan fingerprint density at radius 1 is 1.03 bits per heavy atom. The molecule has 0 bridgehead atoms. The molecule has 194 valence electrons. The fraction of sp³-hybridized carbons (Fsp3) is 0.552. The lowest BCUT2D eigenvalue weighted by Gasteiger charge is -2.58. The average molecular weight is 498 g/mol. The van der Waals surface area contributed by atoms with Crippen LogP contribution in [0.4, 0.5) is 13.6 Å². The minimum absolute atomic E-state index is 0.240. The zero-order valence-electron chi connectivity index (χ0n) is 21.3. The zero-order valence-corrected chi connectivity index (χ0v) is 21.3. The maximum Gasteiger partial charge on any atom is 0.407 e. The second-order valence-electron chi connectivity index (χ2n) is 11.4. The van der Waals surface area contributed by atoms with Crippen LogP contribution in [0.15, 0.2) is 42.5 Å². The topological polar surface area (TPSA) is 47.0 Å². The second-order valence-corrected chi connectivity index (χ2v) is 11.4. The number of carbonyl (C=O) groups is 1. The third-order valence-corrected chi connectivity index (χ3v) is 8.77. The molecule has 7 heteroatoms. The SMILES string of the molecule is CC(C)c1ccccc1[C@H]1CN(Cc2ccc(F)c(F)c2)CCN1C1CC2(CCN(C(=O)O)CC2)C1. The highest BCUT2D eigenvalue weighted by atomic mass is 19.2. The Balaban J connectivity index is 1.33. The summed E-state index contributed by atoms with van der Waals surface area (Å²) in [5.74, 6) is -1.18. The molecule has 1 N–H and O–H groups in total. The summed E-state index contributed by atoms with van der Waals surface area (Å²) in [7, 11) is 0. The summed E-state index contributed by atoms with van der Waals surface area (Å²) in [6.07, 6.45) is 3.37. The van der Waals surface area contributed by atoms with Crippen molar-refractivity contribution in [3.63, 3.8) is 0 Å². The number of piperazine rings is 1. The van der Waals surface area contributed by atoms with Gasteiger partial charge in [-0.3, -0.25) is 9.80 Å². The Hall–Kier alpha value is -2.51. The second kappa shape index (κ2) is 10.1. The van der Waals surface area contributed by atoms with Gasteiger partial charge in [-0.05, 0) is 65.8 Å². The standard InChI is InChI=1S/C29H37F2N3O2/c1-20(2)23-5-3-4-6-24(23)27-19-32(18-21-7-8-25(30)26(31)15-21)13-14-34(27)22-16-29(17-22)9-11-33(12-10-29)28(35)36/h3-8,15,20,22,27H,9-14,16-19H2,1-2H3,(H,35,36)/t27-/m1/s1. The van der Waals surface area contributed by atoms with Gasteiger partial charge in [-0.25, -0.2) is 13.6 Å². The largest absolute Gasteiger partial charge is 0.465 e. The van der Waals surface area contributed by atoms with Crippen LogP contribution in [0.1, 0.15) is 68.2 Å². The van der Waals surface area contributed by atoms with Gasteiger partial charge in [0, 0.05) is 51.4 Å². The Kier molecular flexibility index (Phi) is 7.05. The number of hydrogen-bond donors (Lipinski definition) is 1. The number of rotatable bonds is 5. The van der Waals surface area contributed by atoms with Crippen molar-refractivity contribution in [3.8, 4) is 0 Å². The van der Waals surface area contributed by atoms with Crippen molar-refractivity contribution in [1.82, 2.24) is 14.7 Å². The summed E-state index contributed by atoms with van der Waals surface area (Å²) >= 11 is 0. The Labute approximate surface area is 212 Å². The Morgan fingerprint density at radius 3 is 2.42 bits per heavy atom. The van der Waals surface area contributed by atoms with Gasteiger partial charge in [0.15, 0.2) is 11.6 Å². The van der Waals surface area contributed by atoms with Gasteiger partial charge >= 0.3 is 6.09 Å². The molecule has 36 heavy (non-hydrogen) atoms. The molecule has 2 aromatic rings. The van der Waals surface area contributed by atoms with Gasteiger partial charge in [0.05, 0.1) is 0 Å². The fourth-order valence-corrected chi connectivity index (χ4v) is 6.70. The molecular weight excluding hydrogens is 460 g/mol. The van der Waals surface area contributed by atoms with Gasteiger partial charge in [-0.2, -0.15) is 0 Å². The highest BCUT2D eigenvalue weighted by molar-refractivity contribution is 5.65. The number of carboxylic acid groups (broad SMARTS) is 1. The third kappa shape index (κ3) is 5.00. The van der Waals surface area contributed by atoms with E-state index < -0.39 is 17.7 Å². The summed E-state index contributed by atoms with van der Waals surface area (Å²) in [4.78, 5) is 17.9. The minimum atomic E-state index is -0.805. The van der Waals surface area contributed by atoms with Gasteiger partial charge < -0.3 is 10.0 Å². The maximum absolute atomic E-state index is 13.8. The lowest BCUT2D eigenvalue weighted by molar-refractivity contribution is -0.0749. The Bertz CT molecular complexity index is 1090. The summed E-state index contributed by atoms with van der Waals surface area (Å²) < 4.78 is 27.3. The summed E-state index contributed by atoms with van der Waals surface area (Å²) in [5, 5.41) is 9.32. The zero-order chi connectivity index (χ0) is 25.4. The van der Waals surface area contributed by atoms with Crippen LogP contribution in [-0.4, -0.2) is 64.7 Å². The molecule has 5 rings (SSSR count). The molecule has 2 aromatic carbocycles. The summed E-state index contributed by atoms with van der Waals surface area (Å²) in [6.45, 7) is 9.02. The van der Waals surface area contributed by atoms with E-state index in [9.17, 15) is 18.7 Å². The molecule has 1 saturated carbocycles. The summed E-state index contributed by atoms with van der Waals surface area (Å²) in [6, 6.07) is 13.7. The maximum atomic E-state index is 13.8. The molecule has 2 aliphatic heterocycles. The smallest absolute Gasteiger partial charge is 0.407 e. The van der Waals surface area contributed by atoms with Gasteiger partial charge in [-0.15, -0.1) is 0 Å². The van der Waals surface area contributed by atoms with E-state index in [1.807, 2.05) is 0 Å². The van der Waals surface area contributed by atoms with Crippen LogP contribution in [0.5, 0.6) is 0 Å². The number of halogens is 2. The number of hydrogen-bond acceptors (Lipinski definition) is 3. The number of likely N-dealkylation sites (tertiary alicyclic amines) is 1. The molecule has 1 aliphatic carbocycles. The quantitative estimate of drug-likeness (QED) is 0.561.